The Morgan fingerprint density at radius 2 is 2.07 bits per heavy atom. The molecule has 6 nitrogen and oxygen atoms in total. The van der Waals surface area contributed by atoms with Gasteiger partial charge in [0.2, 0.25) is 5.95 Å². The lowest BCUT2D eigenvalue weighted by Gasteiger charge is -2.13. The van der Waals surface area contributed by atoms with Gasteiger partial charge in [0.25, 0.3) is 5.56 Å². The number of pyridine rings is 1. The van der Waals surface area contributed by atoms with Crippen LogP contribution in [0.15, 0.2) is 59.7 Å². The smallest absolute Gasteiger partial charge is 0.274 e. The quantitative estimate of drug-likeness (QED) is 0.527. The molecule has 2 unspecified atom stereocenters. The number of ether oxygens (including phenoxy) is 1. The molecule has 1 N–H and O–H groups in total. The lowest BCUT2D eigenvalue weighted by molar-refractivity contribution is 0.117. The van der Waals surface area contributed by atoms with E-state index in [2.05, 4.69) is 15.0 Å². The van der Waals surface area contributed by atoms with Crippen molar-refractivity contribution < 1.29 is 9.13 Å². The van der Waals surface area contributed by atoms with Crippen LogP contribution in [0.1, 0.15) is 36.3 Å². The van der Waals surface area contributed by atoms with Gasteiger partial charge < -0.3 is 9.72 Å². The topological polar surface area (TPSA) is 72.3 Å². The first-order chi connectivity index (χ1) is 14.6. The van der Waals surface area contributed by atoms with Crippen LogP contribution in [0.25, 0.3) is 16.8 Å². The van der Waals surface area contributed by atoms with Gasteiger partial charge in [0.05, 0.1) is 18.0 Å². The summed E-state index contributed by atoms with van der Waals surface area (Å²) in [5.41, 5.74) is 3.65. The molecule has 0 aliphatic carbocycles. The molecule has 2 atom stereocenters. The average molecular weight is 404 g/mol. The van der Waals surface area contributed by atoms with Crippen molar-refractivity contribution in [1.82, 2.24) is 19.4 Å². The fraction of sp³-hybridized carbons (Fsp3) is 0.261. The standard InChI is InChI=1S/C23H21FN4O2/c1-14-18(9-10-30-14)22-25-12-20-23(29)26-17(13-28(20)22)11-15-5-7-16(8-6-15)19-3-2-4-21(24)27-19/h2-8,12-14,18H,9-11H2,1H3,(H,26,29). The van der Waals surface area contributed by atoms with Gasteiger partial charge in [0.1, 0.15) is 11.3 Å². The van der Waals surface area contributed by atoms with Crippen molar-refractivity contribution in [2.24, 2.45) is 0 Å². The van der Waals surface area contributed by atoms with E-state index in [1.165, 1.54) is 6.07 Å². The molecule has 0 bridgehead atoms. The molecular weight excluding hydrogens is 383 g/mol. The van der Waals surface area contributed by atoms with Crippen LogP contribution >= 0.6 is 0 Å². The maximum absolute atomic E-state index is 13.4. The summed E-state index contributed by atoms with van der Waals surface area (Å²) < 4.78 is 20.9. The number of fused-ring (bicyclic) bond motifs is 1. The van der Waals surface area contributed by atoms with Crippen LogP contribution in [0.5, 0.6) is 0 Å². The summed E-state index contributed by atoms with van der Waals surface area (Å²) in [7, 11) is 0. The van der Waals surface area contributed by atoms with E-state index >= 15 is 0 Å². The molecule has 7 heteroatoms. The molecule has 0 spiro atoms. The number of imidazole rings is 1. The Balaban J connectivity index is 1.44. The number of rotatable bonds is 4. The largest absolute Gasteiger partial charge is 0.378 e. The van der Waals surface area contributed by atoms with Crippen molar-refractivity contribution in [1.29, 1.82) is 0 Å². The van der Waals surface area contributed by atoms with Gasteiger partial charge in [-0.15, -0.1) is 0 Å². The summed E-state index contributed by atoms with van der Waals surface area (Å²) in [6.07, 6.45) is 5.13. The number of benzene rings is 1. The Labute approximate surface area is 172 Å². The van der Waals surface area contributed by atoms with Crippen LogP contribution < -0.4 is 5.56 Å². The number of hydrogen-bond donors (Lipinski definition) is 1. The molecule has 4 aromatic rings. The molecular formula is C23H21FN4O2. The first-order valence-corrected chi connectivity index (χ1v) is 10.0. The maximum Gasteiger partial charge on any atom is 0.274 e. The molecule has 4 heterocycles. The number of halogens is 1. The minimum absolute atomic E-state index is 0.0855. The van der Waals surface area contributed by atoms with Crippen molar-refractivity contribution >= 4 is 5.52 Å². The van der Waals surface area contributed by atoms with Crippen molar-refractivity contribution in [3.05, 3.63) is 88.2 Å². The van der Waals surface area contributed by atoms with Gasteiger partial charge in [-0.3, -0.25) is 9.20 Å². The number of nitrogens with one attached hydrogen (secondary N) is 1. The van der Waals surface area contributed by atoms with E-state index in [0.717, 1.165) is 29.1 Å². The number of aromatic nitrogens is 4. The average Bonchev–Trinajstić information content (AvgIpc) is 3.34. The molecule has 1 aliphatic heterocycles. The first kappa shape index (κ1) is 18.7. The number of aromatic amines is 1. The Bertz CT molecular complexity index is 1260. The van der Waals surface area contributed by atoms with Gasteiger partial charge in [-0.1, -0.05) is 30.3 Å². The Morgan fingerprint density at radius 3 is 2.80 bits per heavy atom. The van der Waals surface area contributed by atoms with E-state index < -0.39 is 5.95 Å². The molecule has 0 radical (unpaired) electrons. The molecule has 1 saturated heterocycles. The molecule has 1 aliphatic rings. The minimum Gasteiger partial charge on any atom is -0.378 e. The van der Waals surface area contributed by atoms with Gasteiger partial charge in [-0.25, -0.2) is 9.97 Å². The van der Waals surface area contributed by atoms with Gasteiger partial charge in [0, 0.05) is 36.4 Å². The Morgan fingerprint density at radius 1 is 1.23 bits per heavy atom. The third-order valence-electron chi connectivity index (χ3n) is 5.68. The highest BCUT2D eigenvalue weighted by atomic mass is 19.1. The summed E-state index contributed by atoms with van der Waals surface area (Å²) in [6, 6.07) is 12.5. The molecule has 0 saturated carbocycles. The number of nitrogens with zero attached hydrogens (tertiary/aromatic N) is 3. The van der Waals surface area contributed by atoms with E-state index in [1.807, 2.05) is 41.8 Å². The summed E-state index contributed by atoms with van der Waals surface area (Å²) in [5.74, 6) is 0.552. The second kappa shape index (κ2) is 7.50. The molecule has 3 aromatic heterocycles. The zero-order chi connectivity index (χ0) is 20.7. The highest BCUT2D eigenvalue weighted by molar-refractivity contribution is 5.59. The van der Waals surface area contributed by atoms with Crippen molar-refractivity contribution in [3.8, 4) is 11.3 Å². The van der Waals surface area contributed by atoms with E-state index in [0.29, 0.717) is 24.2 Å². The highest BCUT2D eigenvalue weighted by Crippen LogP contribution is 2.30. The Kier molecular flexibility index (Phi) is 4.67. The summed E-state index contributed by atoms with van der Waals surface area (Å²) in [5, 5.41) is 0. The fourth-order valence-corrected chi connectivity index (χ4v) is 4.09. The molecule has 5 rings (SSSR count). The molecule has 30 heavy (non-hydrogen) atoms. The van der Waals surface area contributed by atoms with Crippen LogP contribution in [0.3, 0.4) is 0 Å². The van der Waals surface area contributed by atoms with Gasteiger partial charge >= 0.3 is 0 Å². The van der Waals surface area contributed by atoms with Gasteiger partial charge in [0.15, 0.2) is 0 Å². The highest BCUT2D eigenvalue weighted by Gasteiger charge is 2.29. The first-order valence-electron chi connectivity index (χ1n) is 10.0. The van der Waals surface area contributed by atoms with E-state index in [1.54, 1.807) is 18.3 Å². The predicted octanol–water partition coefficient (Wildman–Crippen LogP) is 3.71. The number of H-pyrrole nitrogens is 1. The van der Waals surface area contributed by atoms with Crippen molar-refractivity contribution in [3.63, 3.8) is 0 Å². The summed E-state index contributed by atoms with van der Waals surface area (Å²) in [6.45, 7) is 2.76. The van der Waals surface area contributed by atoms with Crippen LogP contribution in [-0.4, -0.2) is 32.1 Å². The second-order valence-corrected chi connectivity index (χ2v) is 7.67. The van der Waals surface area contributed by atoms with Gasteiger partial charge in [-0.2, -0.15) is 4.39 Å². The third kappa shape index (κ3) is 3.41. The predicted molar refractivity (Wildman–Crippen MR) is 111 cm³/mol. The lowest BCUT2D eigenvalue weighted by atomic mass is 10.0. The lowest BCUT2D eigenvalue weighted by Crippen LogP contribution is -2.17. The summed E-state index contributed by atoms with van der Waals surface area (Å²) in [4.78, 5) is 24.0. The van der Waals surface area contributed by atoms with E-state index in [-0.39, 0.29) is 17.6 Å². The van der Waals surface area contributed by atoms with Crippen LogP contribution in [0, 0.1) is 5.95 Å². The zero-order valence-electron chi connectivity index (χ0n) is 16.5. The molecule has 152 valence electrons. The number of hydrogen-bond acceptors (Lipinski definition) is 4. The third-order valence-corrected chi connectivity index (χ3v) is 5.68. The molecule has 1 fully saturated rings. The van der Waals surface area contributed by atoms with Crippen molar-refractivity contribution in [2.75, 3.05) is 6.61 Å². The fourth-order valence-electron chi connectivity index (χ4n) is 4.09. The van der Waals surface area contributed by atoms with Crippen LogP contribution in [0.4, 0.5) is 4.39 Å². The SMILES string of the molecule is CC1OCCC1c1ncc2c(=O)[nH]c(Cc3ccc(-c4cccc(F)n4)cc3)cn12. The second-order valence-electron chi connectivity index (χ2n) is 7.67. The summed E-state index contributed by atoms with van der Waals surface area (Å²) >= 11 is 0. The Hall–Kier alpha value is -3.32. The van der Waals surface area contributed by atoms with E-state index in [9.17, 15) is 9.18 Å². The molecule has 0 amide bonds. The maximum atomic E-state index is 13.4. The van der Waals surface area contributed by atoms with Crippen LogP contribution in [-0.2, 0) is 11.2 Å². The normalized spacial score (nSPS) is 18.9. The molecule has 1 aromatic carbocycles. The zero-order valence-corrected chi connectivity index (χ0v) is 16.5. The van der Waals surface area contributed by atoms with E-state index in [4.69, 9.17) is 4.74 Å². The van der Waals surface area contributed by atoms with Crippen LogP contribution in [0.2, 0.25) is 0 Å². The minimum atomic E-state index is -0.499. The monoisotopic (exact) mass is 404 g/mol. The van der Waals surface area contributed by atoms with Crippen molar-refractivity contribution in [2.45, 2.75) is 31.8 Å². The van der Waals surface area contributed by atoms with Gasteiger partial charge in [-0.05, 0) is 31.0 Å².